The first-order valence-corrected chi connectivity index (χ1v) is 12.8. The summed E-state index contributed by atoms with van der Waals surface area (Å²) in [7, 11) is 0. The van der Waals surface area contributed by atoms with Gasteiger partial charge in [0.05, 0.1) is 18.2 Å². The molecule has 0 aromatic heterocycles. The van der Waals surface area contributed by atoms with Crippen molar-refractivity contribution in [3.8, 4) is 17.2 Å². The van der Waals surface area contributed by atoms with Gasteiger partial charge in [-0.05, 0) is 77.6 Å². The molecule has 2 aromatic carbocycles. The Labute approximate surface area is 222 Å². The number of amides is 1. The number of carboxylic acid groups (broad SMARTS) is 1. The second-order valence-corrected chi connectivity index (χ2v) is 10.7. The Kier molecular flexibility index (Phi) is 7.56. The summed E-state index contributed by atoms with van der Waals surface area (Å²) < 4.78 is 6.40. The Morgan fingerprint density at radius 2 is 1.84 bits per heavy atom. The molecule has 2 unspecified atom stereocenters. The third-order valence-corrected chi connectivity index (χ3v) is 7.44. The maximum absolute atomic E-state index is 13.3. The van der Waals surface area contributed by atoms with Gasteiger partial charge in [-0.3, -0.25) is 4.79 Å². The third-order valence-electron chi connectivity index (χ3n) is 7.44. The summed E-state index contributed by atoms with van der Waals surface area (Å²) in [5, 5.41) is 40.9. The molecule has 2 aliphatic heterocycles. The Hall–Kier alpha value is -3.78. The summed E-state index contributed by atoms with van der Waals surface area (Å²) in [4.78, 5) is 26.2. The van der Waals surface area contributed by atoms with E-state index in [0.29, 0.717) is 35.4 Å². The molecule has 38 heavy (non-hydrogen) atoms. The number of allylic oxidation sites excluding steroid dienone is 4. The summed E-state index contributed by atoms with van der Waals surface area (Å²) >= 11 is 0. The zero-order valence-electron chi connectivity index (χ0n) is 22.2. The summed E-state index contributed by atoms with van der Waals surface area (Å²) in [5.41, 5.74) is 2.94. The SMILES string of the molecule is CC(C)=CCCC(C)=CCCC1(C)Oc2c(c(O)cc3c2CN(c2ccc(O)c(C(=O)O)c2)C3=O)CC1O. The molecule has 2 aliphatic rings. The van der Waals surface area contributed by atoms with Crippen molar-refractivity contribution in [1.29, 1.82) is 0 Å². The van der Waals surface area contributed by atoms with Crippen LogP contribution in [0.1, 0.15) is 85.2 Å². The summed E-state index contributed by atoms with van der Waals surface area (Å²) in [5.74, 6) is -1.84. The van der Waals surface area contributed by atoms with E-state index >= 15 is 0 Å². The lowest BCUT2D eigenvalue weighted by atomic mass is 9.84. The molecule has 8 heteroatoms. The zero-order chi connectivity index (χ0) is 27.8. The van der Waals surface area contributed by atoms with Gasteiger partial charge in [0.15, 0.2) is 0 Å². The summed E-state index contributed by atoms with van der Waals surface area (Å²) in [6, 6.07) is 5.33. The number of hydrogen-bond donors (Lipinski definition) is 4. The van der Waals surface area contributed by atoms with E-state index in [4.69, 9.17) is 4.74 Å². The minimum absolute atomic E-state index is 0.107. The number of carboxylic acids is 1. The molecule has 0 saturated carbocycles. The van der Waals surface area contributed by atoms with Crippen LogP contribution in [0.15, 0.2) is 47.6 Å². The van der Waals surface area contributed by atoms with Gasteiger partial charge >= 0.3 is 5.97 Å². The number of aromatic hydroxyl groups is 2. The molecule has 2 atom stereocenters. The van der Waals surface area contributed by atoms with Gasteiger partial charge < -0.3 is 30.1 Å². The number of nitrogens with zero attached hydrogens (tertiary/aromatic N) is 1. The number of aromatic carboxylic acids is 1. The van der Waals surface area contributed by atoms with E-state index in [-0.39, 0.29) is 29.8 Å². The van der Waals surface area contributed by atoms with Crippen LogP contribution in [0, 0.1) is 0 Å². The first kappa shape index (κ1) is 27.3. The van der Waals surface area contributed by atoms with E-state index in [9.17, 15) is 30.0 Å². The Morgan fingerprint density at radius 1 is 1.11 bits per heavy atom. The van der Waals surface area contributed by atoms with Crippen LogP contribution in [0.4, 0.5) is 5.69 Å². The van der Waals surface area contributed by atoms with Gasteiger partial charge in [-0.2, -0.15) is 0 Å². The minimum atomic E-state index is -1.31. The standard InChI is InChI=1S/C30H35NO7/c1-17(2)7-5-8-18(3)9-6-12-30(4)26(34)15-21-25(33)14-20-23(27(21)38-30)16-31(28(20)35)19-10-11-24(32)22(13-19)29(36)37/h7,9-11,13-14,26,32-34H,5-6,8,12,15-16H2,1-4H3,(H,36,37). The van der Waals surface area contributed by atoms with Crippen LogP contribution in [0.25, 0.3) is 0 Å². The average Bonchev–Trinajstić information content (AvgIpc) is 3.16. The van der Waals surface area contributed by atoms with E-state index in [1.807, 2.05) is 6.92 Å². The first-order valence-electron chi connectivity index (χ1n) is 12.8. The molecule has 0 fully saturated rings. The van der Waals surface area contributed by atoms with Crippen LogP contribution in [0.2, 0.25) is 0 Å². The third kappa shape index (κ3) is 5.27. The highest BCUT2D eigenvalue weighted by Gasteiger charge is 2.44. The maximum atomic E-state index is 13.3. The lowest BCUT2D eigenvalue weighted by molar-refractivity contribution is -0.0597. The largest absolute Gasteiger partial charge is 0.508 e. The molecule has 0 radical (unpaired) electrons. The Balaban J connectivity index is 1.59. The molecule has 0 saturated heterocycles. The number of benzene rings is 2. The number of aliphatic hydroxyl groups excluding tert-OH is 1. The number of carbonyl (C=O) groups is 2. The molecule has 4 N–H and O–H groups in total. The van der Waals surface area contributed by atoms with Gasteiger partial charge in [0.1, 0.15) is 28.4 Å². The highest BCUT2D eigenvalue weighted by Crippen LogP contribution is 2.47. The number of fused-ring (bicyclic) bond motifs is 3. The van der Waals surface area contributed by atoms with E-state index in [1.54, 1.807) is 0 Å². The molecule has 4 rings (SSSR count). The number of ether oxygens (including phenoxy) is 1. The summed E-state index contributed by atoms with van der Waals surface area (Å²) in [6.45, 7) is 8.21. The molecule has 1 amide bonds. The van der Waals surface area contributed by atoms with Gasteiger partial charge in [0.2, 0.25) is 0 Å². The quantitative estimate of drug-likeness (QED) is 0.339. The van der Waals surface area contributed by atoms with Gasteiger partial charge in [0, 0.05) is 23.2 Å². The fourth-order valence-corrected chi connectivity index (χ4v) is 5.07. The molecule has 0 aliphatic carbocycles. The van der Waals surface area contributed by atoms with Gasteiger partial charge in [-0.25, -0.2) is 4.79 Å². The molecule has 0 spiro atoms. The number of aliphatic hydroxyl groups is 1. The maximum Gasteiger partial charge on any atom is 0.339 e. The fraction of sp³-hybridized carbons (Fsp3) is 0.400. The molecule has 2 heterocycles. The number of hydrogen-bond acceptors (Lipinski definition) is 6. The average molecular weight is 522 g/mol. The van der Waals surface area contributed by atoms with Crippen molar-refractivity contribution in [2.75, 3.05) is 4.90 Å². The predicted molar refractivity (Wildman–Crippen MR) is 144 cm³/mol. The number of carbonyl (C=O) groups excluding carboxylic acids is 1. The fourth-order valence-electron chi connectivity index (χ4n) is 5.07. The second-order valence-electron chi connectivity index (χ2n) is 10.7. The highest BCUT2D eigenvalue weighted by molar-refractivity contribution is 6.11. The molecule has 2 aromatic rings. The highest BCUT2D eigenvalue weighted by atomic mass is 16.5. The van der Waals surface area contributed by atoms with Crippen LogP contribution in [-0.2, 0) is 13.0 Å². The van der Waals surface area contributed by atoms with Crippen LogP contribution >= 0.6 is 0 Å². The van der Waals surface area contributed by atoms with Crippen LogP contribution in [0.3, 0.4) is 0 Å². The summed E-state index contributed by atoms with van der Waals surface area (Å²) in [6.07, 6.45) is 6.93. The van der Waals surface area contributed by atoms with Crippen molar-refractivity contribution in [3.63, 3.8) is 0 Å². The first-order chi connectivity index (χ1) is 17.9. The zero-order valence-corrected chi connectivity index (χ0v) is 22.2. The number of rotatable bonds is 8. The van der Waals surface area contributed by atoms with Crippen molar-refractivity contribution in [2.24, 2.45) is 0 Å². The molecule has 0 bridgehead atoms. The number of phenols is 2. The van der Waals surface area contributed by atoms with Gasteiger partial charge in [-0.15, -0.1) is 0 Å². The van der Waals surface area contributed by atoms with Crippen molar-refractivity contribution in [2.45, 2.75) is 78.0 Å². The van der Waals surface area contributed by atoms with E-state index < -0.39 is 29.3 Å². The van der Waals surface area contributed by atoms with E-state index in [2.05, 4.69) is 32.9 Å². The lowest BCUT2D eigenvalue weighted by Gasteiger charge is -2.40. The van der Waals surface area contributed by atoms with E-state index in [0.717, 1.165) is 12.8 Å². The molecule has 8 nitrogen and oxygen atoms in total. The second kappa shape index (κ2) is 10.5. The van der Waals surface area contributed by atoms with Crippen LogP contribution in [-0.4, -0.2) is 44.0 Å². The minimum Gasteiger partial charge on any atom is -0.508 e. The van der Waals surface area contributed by atoms with Crippen molar-refractivity contribution >= 4 is 17.6 Å². The number of phenolic OH excluding ortho intramolecular Hbond substituents is 1. The van der Waals surface area contributed by atoms with Gasteiger partial charge in [0.25, 0.3) is 5.91 Å². The smallest absolute Gasteiger partial charge is 0.339 e. The molecular formula is C30H35NO7. The van der Waals surface area contributed by atoms with Crippen molar-refractivity contribution in [3.05, 3.63) is 69.8 Å². The Morgan fingerprint density at radius 3 is 2.53 bits per heavy atom. The van der Waals surface area contributed by atoms with Gasteiger partial charge in [-0.1, -0.05) is 23.3 Å². The topological polar surface area (TPSA) is 128 Å². The lowest BCUT2D eigenvalue weighted by Crippen LogP contribution is -2.49. The van der Waals surface area contributed by atoms with Crippen LogP contribution in [0.5, 0.6) is 17.2 Å². The normalized spacial score (nSPS) is 20.6. The van der Waals surface area contributed by atoms with Crippen LogP contribution < -0.4 is 9.64 Å². The van der Waals surface area contributed by atoms with Crippen molar-refractivity contribution < 1.29 is 34.8 Å². The number of anilines is 1. The Bertz CT molecular complexity index is 1340. The van der Waals surface area contributed by atoms with E-state index in [1.165, 1.54) is 40.3 Å². The monoisotopic (exact) mass is 521 g/mol. The molecular weight excluding hydrogens is 486 g/mol. The predicted octanol–water partition coefficient (Wildman–Crippen LogP) is 5.48. The molecule has 202 valence electrons. The van der Waals surface area contributed by atoms with Crippen molar-refractivity contribution in [1.82, 2.24) is 0 Å².